The maximum Gasteiger partial charge on any atom is 0.237 e. The van der Waals surface area contributed by atoms with E-state index in [9.17, 15) is 8.78 Å². The van der Waals surface area contributed by atoms with Gasteiger partial charge in [0, 0.05) is 17.7 Å². The van der Waals surface area contributed by atoms with E-state index < -0.39 is 0 Å². The normalized spacial score (nSPS) is 11.0. The second kappa shape index (κ2) is 8.36. The van der Waals surface area contributed by atoms with E-state index in [1.54, 1.807) is 30.3 Å². The van der Waals surface area contributed by atoms with Crippen molar-refractivity contribution in [3.8, 4) is 22.8 Å². The number of benzene rings is 2. The van der Waals surface area contributed by atoms with Crippen LogP contribution in [0.2, 0.25) is 0 Å². The zero-order valence-electron chi connectivity index (χ0n) is 15.1. The average Bonchev–Trinajstić information content (AvgIpc) is 3.35. The number of aromatic nitrogens is 5. The lowest BCUT2D eigenvalue weighted by Crippen LogP contribution is -2.00. The highest BCUT2D eigenvalue weighted by atomic mass is 32.2. The Hall–Kier alpha value is -3.33. The highest BCUT2D eigenvalue weighted by Crippen LogP contribution is 2.27. The number of thioether (sulfide) groups is 1. The van der Waals surface area contributed by atoms with Gasteiger partial charge in [0.05, 0.1) is 5.75 Å². The van der Waals surface area contributed by atoms with Crippen molar-refractivity contribution >= 4 is 11.8 Å². The summed E-state index contributed by atoms with van der Waals surface area (Å²) in [5, 5.41) is 13.0. The Balaban J connectivity index is 1.52. The Labute approximate surface area is 169 Å². The predicted molar refractivity (Wildman–Crippen MR) is 105 cm³/mol. The second-order valence-electron chi connectivity index (χ2n) is 6.02. The first kappa shape index (κ1) is 19.0. The Morgan fingerprint density at radius 1 is 0.966 bits per heavy atom. The average molecular weight is 411 g/mol. The molecule has 0 saturated carbocycles. The molecule has 0 unspecified atom stereocenters. The Kier molecular flexibility index (Phi) is 5.48. The number of allylic oxidation sites excluding steroid dienone is 1. The van der Waals surface area contributed by atoms with E-state index in [0.717, 1.165) is 5.56 Å². The van der Waals surface area contributed by atoms with E-state index in [4.69, 9.17) is 4.52 Å². The van der Waals surface area contributed by atoms with Gasteiger partial charge in [0.25, 0.3) is 0 Å². The van der Waals surface area contributed by atoms with Crippen molar-refractivity contribution in [2.45, 2.75) is 17.5 Å². The van der Waals surface area contributed by atoms with Gasteiger partial charge < -0.3 is 4.52 Å². The van der Waals surface area contributed by atoms with Crippen molar-refractivity contribution in [3.63, 3.8) is 0 Å². The molecule has 9 heteroatoms. The molecule has 0 aliphatic carbocycles. The standard InChI is InChI=1S/C20H15F2N5OS/c1-2-11-27-19(14-5-9-16(22)10-6-14)24-25-20(27)29-12-17-23-18(26-28-17)13-3-7-15(21)8-4-13/h2-10H,1,11-12H2. The van der Waals surface area contributed by atoms with Gasteiger partial charge in [-0.05, 0) is 48.5 Å². The summed E-state index contributed by atoms with van der Waals surface area (Å²) in [6.07, 6.45) is 1.74. The molecular formula is C20H15F2N5OS. The fraction of sp³-hybridized carbons (Fsp3) is 0.100. The van der Waals surface area contributed by atoms with Crippen LogP contribution in [0.5, 0.6) is 0 Å². The molecule has 0 atom stereocenters. The van der Waals surface area contributed by atoms with E-state index in [-0.39, 0.29) is 11.6 Å². The number of hydrogen-bond acceptors (Lipinski definition) is 6. The second-order valence-corrected chi connectivity index (χ2v) is 6.96. The third-order valence-electron chi connectivity index (χ3n) is 4.03. The SMILES string of the molecule is C=CCn1c(SCc2nc(-c3ccc(F)cc3)no2)nnc1-c1ccc(F)cc1. The molecule has 6 nitrogen and oxygen atoms in total. The first-order valence-corrected chi connectivity index (χ1v) is 9.64. The summed E-state index contributed by atoms with van der Waals surface area (Å²) in [7, 11) is 0. The molecule has 2 aromatic heterocycles. The van der Waals surface area contributed by atoms with Crippen molar-refractivity contribution in [2.75, 3.05) is 0 Å². The molecule has 4 rings (SSSR count). The van der Waals surface area contributed by atoms with Crippen LogP contribution in [0.25, 0.3) is 22.8 Å². The largest absolute Gasteiger partial charge is 0.338 e. The van der Waals surface area contributed by atoms with Gasteiger partial charge in [-0.3, -0.25) is 4.57 Å². The van der Waals surface area contributed by atoms with Gasteiger partial charge >= 0.3 is 0 Å². The molecule has 0 bridgehead atoms. The molecule has 0 amide bonds. The van der Waals surface area contributed by atoms with Crippen molar-refractivity contribution in [1.29, 1.82) is 0 Å². The topological polar surface area (TPSA) is 69.6 Å². The zero-order valence-corrected chi connectivity index (χ0v) is 15.9. The third-order valence-corrected chi connectivity index (χ3v) is 4.98. The summed E-state index contributed by atoms with van der Waals surface area (Å²) in [6, 6.07) is 11.9. The minimum atomic E-state index is -0.327. The van der Waals surface area contributed by atoms with Crippen molar-refractivity contribution < 1.29 is 13.3 Å². The molecule has 0 saturated heterocycles. The summed E-state index contributed by atoms with van der Waals surface area (Å²) < 4.78 is 33.4. The molecule has 4 aromatic rings. The van der Waals surface area contributed by atoms with Crippen LogP contribution in [0.1, 0.15) is 5.89 Å². The lowest BCUT2D eigenvalue weighted by Gasteiger charge is -2.07. The summed E-state index contributed by atoms with van der Waals surface area (Å²) in [6.45, 7) is 4.27. The van der Waals surface area contributed by atoms with Gasteiger partial charge in [-0.2, -0.15) is 4.98 Å². The molecule has 0 N–H and O–H groups in total. The zero-order chi connectivity index (χ0) is 20.2. The van der Waals surface area contributed by atoms with E-state index in [1.165, 1.54) is 36.0 Å². The van der Waals surface area contributed by atoms with Crippen molar-refractivity contribution in [2.24, 2.45) is 0 Å². The summed E-state index contributed by atoms with van der Waals surface area (Å²) in [5.74, 6) is 1.15. The third kappa shape index (κ3) is 4.24. The van der Waals surface area contributed by atoms with Gasteiger partial charge in [0.2, 0.25) is 11.7 Å². The van der Waals surface area contributed by atoms with E-state index in [2.05, 4.69) is 26.9 Å². The first-order valence-electron chi connectivity index (χ1n) is 8.65. The fourth-order valence-corrected chi connectivity index (χ4v) is 3.44. The lowest BCUT2D eigenvalue weighted by molar-refractivity contribution is 0.391. The van der Waals surface area contributed by atoms with Gasteiger partial charge in [-0.25, -0.2) is 8.78 Å². The van der Waals surface area contributed by atoms with Crippen LogP contribution in [-0.4, -0.2) is 24.9 Å². The highest BCUT2D eigenvalue weighted by molar-refractivity contribution is 7.98. The van der Waals surface area contributed by atoms with Crippen LogP contribution in [-0.2, 0) is 12.3 Å². The molecule has 0 spiro atoms. The lowest BCUT2D eigenvalue weighted by atomic mass is 10.2. The smallest absolute Gasteiger partial charge is 0.237 e. The molecule has 2 heterocycles. The van der Waals surface area contributed by atoms with Crippen LogP contribution >= 0.6 is 11.8 Å². The van der Waals surface area contributed by atoms with Gasteiger partial charge in [0.1, 0.15) is 11.6 Å². The number of halogens is 2. The van der Waals surface area contributed by atoms with Crippen molar-refractivity contribution in [3.05, 3.63) is 78.7 Å². The van der Waals surface area contributed by atoms with E-state index >= 15 is 0 Å². The fourth-order valence-electron chi connectivity index (χ4n) is 2.66. The van der Waals surface area contributed by atoms with Crippen LogP contribution in [0, 0.1) is 11.6 Å². The maximum atomic E-state index is 13.2. The molecule has 0 aliphatic rings. The van der Waals surface area contributed by atoms with Crippen molar-refractivity contribution in [1.82, 2.24) is 24.9 Å². The first-order chi connectivity index (χ1) is 14.1. The summed E-state index contributed by atoms with van der Waals surface area (Å²) in [5.41, 5.74) is 1.42. The maximum absolute atomic E-state index is 13.2. The minimum absolute atomic E-state index is 0.313. The Bertz CT molecular complexity index is 1120. The quantitative estimate of drug-likeness (QED) is 0.323. The number of hydrogen-bond donors (Lipinski definition) is 0. The Morgan fingerprint density at radius 3 is 2.28 bits per heavy atom. The molecular weight excluding hydrogens is 396 g/mol. The Morgan fingerprint density at radius 2 is 1.62 bits per heavy atom. The van der Waals surface area contributed by atoms with Crippen LogP contribution in [0.4, 0.5) is 8.78 Å². The highest BCUT2D eigenvalue weighted by Gasteiger charge is 2.16. The van der Waals surface area contributed by atoms with Crippen LogP contribution in [0.3, 0.4) is 0 Å². The monoisotopic (exact) mass is 411 g/mol. The summed E-state index contributed by atoms with van der Waals surface area (Å²) >= 11 is 1.38. The van der Waals surface area contributed by atoms with Gasteiger partial charge in [-0.1, -0.05) is 23.0 Å². The van der Waals surface area contributed by atoms with Gasteiger partial charge in [0.15, 0.2) is 11.0 Å². The minimum Gasteiger partial charge on any atom is -0.338 e. The van der Waals surface area contributed by atoms with E-state index in [1.807, 2.05) is 4.57 Å². The molecule has 29 heavy (non-hydrogen) atoms. The molecule has 146 valence electrons. The number of rotatable bonds is 7. The van der Waals surface area contributed by atoms with Crippen LogP contribution < -0.4 is 0 Å². The molecule has 0 fully saturated rings. The van der Waals surface area contributed by atoms with Gasteiger partial charge in [-0.15, -0.1) is 16.8 Å². The molecule has 0 radical (unpaired) electrons. The molecule has 2 aromatic carbocycles. The van der Waals surface area contributed by atoms with Crippen LogP contribution in [0.15, 0.2) is 70.9 Å². The van der Waals surface area contributed by atoms with E-state index in [0.29, 0.717) is 40.6 Å². The number of nitrogens with zero attached hydrogens (tertiary/aromatic N) is 5. The summed E-state index contributed by atoms with van der Waals surface area (Å²) in [4.78, 5) is 4.34. The predicted octanol–water partition coefficient (Wildman–Crippen LogP) is 4.75. The molecule has 0 aliphatic heterocycles.